The first-order valence-electron chi connectivity index (χ1n) is 8.36. The van der Waals surface area contributed by atoms with E-state index in [1.807, 2.05) is 54.6 Å². The van der Waals surface area contributed by atoms with Crippen LogP contribution in [0.4, 0.5) is 0 Å². The summed E-state index contributed by atoms with van der Waals surface area (Å²) in [5.41, 5.74) is 1.96. The molecule has 2 aromatic rings. The Morgan fingerprint density at radius 1 is 1.16 bits per heavy atom. The van der Waals surface area contributed by atoms with Gasteiger partial charge in [0.25, 0.3) is 0 Å². The summed E-state index contributed by atoms with van der Waals surface area (Å²) in [5, 5.41) is 0. The Labute approximate surface area is 149 Å². The number of methoxy groups -OCH3 is 1. The second-order valence-electron chi connectivity index (χ2n) is 6.05. The van der Waals surface area contributed by atoms with Crippen LogP contribution >= 0.6 is 0 Å². The molecule has 0 N–H and O–H groups in total. The van der Waals surface area contributed by atoms with Gasteiger partial charge in [0, 0.05) is 13.1 Å². The van der Waals surface area contributed by atoms with Gasteiger partial charge in [0.15, 0.2) is 0 Å². The number of hydrogen-bond donors (Lipinski definition) is 0. The minimum Gasteiger partial charge on any atom is -0.497 e. The zero-order valence-electron chi connectivity index (χ0n) is 14.3. The zero-order chi connectivity index (χ0) is 17.7. The fourth-order valence-electron chi connectivity index (χ4n) is 2.95. The van der Waals surface area contributed by atoms with Gasteiger partial charge in [-0.15, -0.1) is 0 Å². The number of ether oxygens (including phenoxy) is 2. The van der Waals surface area contributed by atoms with E-state index in [4.69, 9.17) is 9.47 Å². The van der Waals surface area contributed by atoms with E-state index in [1.54, 1.807) is 11.4 Å². The standard InChI is InChI=1S/C19H23NO4S/c1-23-18-9-5-6-16(14-18)10-13-25(21,22)20-11-12-24-19(15-20)17-7-3-2-4-8-17/h2-9,14,19H,10-13,15H2,1H3. The minimum atomic E-state index is -3.33. The Bertz CT molecular complexity index is 792. The van der Waals surface area contributed by atoms with Gasteiger partial charge in [-0.3, -0.25) is 0 Å². The molecular weight excluding hydrogens is 338 g/mol. The summed E-state index contributed by atoms with van der Waals surface area (Å²) < 4.78 is 38.0. The van der Waals surface area contributed by atoms with Gasteiger partial charge in [-0.2, -0.15) is 4.31 Å². The van der Waals surface area contributed by atoms with Crippen molar-refractivity contribution in [2.24, 2.45) is 0 Å². The first kappa shape index (κ1) is 17.9. The van der Waals surface area contributed by atoms with Crippen molar-refractivity contribution < 1.29 is 17.9 Å². The molecule has 0 amide bonds. The van der Waals surface area contributed by atoms with Crippen molar-refractivity contribution in [2.75, 3.05) is 32.6 Å². The van der Waals surface area contributed by atoms with Crippen LogP contribution in [0, 0.1) is 0 Å². The molecule has 2 aromatic carbocycles. The van der Waals surface area contributed by atoms with Crippen LogP contribution in [-0.4, -0.2) is 45.3 Å². The number of benzene rings is 2. The summed E-state index contributed by atoms with van der Waals surface area (Å²) in [5.74, 6) is 0.826. The molecule has 6 heteroatoms. The smallest absolute Gasteiger partial charge is 0.214 e. The minimum absolute atomic E-state index is 0.0850. The van der Waals surface area contributed by atoms with Crippen molar-refractivity contribution in [2.45, 2.75) is 12.5 Å². The monoisotopic (exact) mass is 361 g/mol. The molecule has 25 heavy (non-hydrogen) atoms. The second-order valence-corrected chi connectivity index (χ2v) is 8.13. The van der Waals surface area contributed by atoms with Crippen molar-refractivity contribution in [3.63, 3.8) is 0 Å². The molecule has 0 aliphatic carbocycles. The van der Waals surface area contributed by atoms with Gasteiger partial charge in [-0.05, 0) is 29.7 Å². The predicted octanol–water partition coefficient (Wildman–Crippen LogP) is 2.64. The van der Waals surface area contributed by atoms with Gasteiger partial charge in [-0.25, -0.2) is 8.42 Å². The van der Waals surface area contributed by atoms with Crippen molar-refractivity contribution in [1.82, 2.24) is 4.31 Å². The van der Waals surface area contributed by atoms with E-state index in [1.165, 1.54) is 0 Å². The molecule has 1 unspecified atom stereocenters. The number of nitrogens with zero attached hydrogens (tertiary/aromatic N) is 1. The highest BCUT2D eigenvalue weighted by Gasteiger charge is 2.29. The van der Waals surface area contributed by atoms with Crippen LogP contribution in [0.5, 0.6) is 5.75 Å². The third-order valence-electron chi connectivity index (χ3n) is 4.38. The predicted molar refractivity (Wildman–Crippen MR) is 97.2 cm³/mol. The topological polar surface area (TPSA) is 55.8 Å². The molecule has 0 aromatic heterocycles. The van der Waals surface area contributed by atoms with Crippen molar-refractivity contribution in [1.29, 1.82) is 0 Å². The number of rotatable bonds is 6. The van der Waals surface area contributed by atoms with Crippen LogP contribution in [-0.2, 0) is 21.2 Å². The molecule has 1 fully saturated rings. The van der Waals surface area contributed by atoms with E-state index >= 15 is 0 Å². The van der Waals surface area contributed by atoms with E-state index in [9.17, 15) is 8.42 Å². The molecule has 0 spiro atoms. The molecule has 1 aliphatic heterocycles. The summed E-state index contributed by atoms with van der Waals surface area (Å²) in [6, 6.07) is 17.3. The van der Waals surface area contributed by atoms with E-state index < -0.39 is 10.0 Å². The normalized spacial score (nSPS) is 18.8. The van der Waals surface area contributed by atoms with Gasteiger partial charge < -0.3 is 9.47 Å². The van der Waals surface area contributed by atoms with Crippen LogP contribution in [0.1, 0.15) is 17.2 Å². The maximum atomic E-state index is 12.7. The highest BCUT2D eigenvalue weighted by atomic mass is 32.2. The molecule has 0 radical (unpaired) electrons. The Morgan fingerprint density at radius 3 is 2.72 bits per heavy atom. The van der Waals surface area contributed by atoms with Crippen LogP contribution in [0.2, 0.25) is 0 Å². The second kappa shape index (κ2) is 7.99. The van der Waals surface area contributed by atoms with Crippen molar-refractivity contribution in [3.8, 4) is 5.75 Å². The van der Waals surface area contributed by atoms with Gasteiger partial charge in [-0.1, -0.05) is 42.5 Å². The number of sulfonamides is 1. The average molecular weight is 361 g/mol. The van der Waals surface area contributed by atoms with E-state index in [0.29, 0.717) is 26.1 Å². The van der Waals surface area contributed by atoms with Crippen LogP contribution < -0.4 is 4.74 Å². The first-order valence-corrected chi connectivity index (χ1v) is 9.97. The number of hydrogen-bond acceptors (Lipinski definition) is 4. The maximum Gasteiger partial charge on any atom is 0.214 e. The summed E-state index contributed by atoms with van der Waals surface area (Å²) in [6.45, 7) is 1.19. The van der Waals surface area contributed by atoms with Gasteiger partial charge >= 0.3 is 0 Å². The Morgan fingerprint density at radius 2 is 1.96 bits per heavy atom. The Kier molecular flexibility index (Phi) is 5.73. The Balaban J connectivity index is 1.65. The Hall–Kier alpha value is -1.89. The number of morpholine rings is 1. The molecule has 1 aliphatic rings. The molecular formula is C19H23NO4S. The van der Waals surface area contributed by atoms with E-state index in [-0.39, 0.29) is 11.9 Å². The molecule has 1 atom stereocenters. The summed E-state index contributed by atoms with van der Waals surface area (Å²) in [6.07, 6.45) is 0.258. The van der Waals surface area contributed by atoms with Crippen LogP contribution in [0.15, 0.2) is 54.6 Å². The average Bonchev–Trinajstić information content (AvgIpc) is 2.67. The highest BCUT2D eigenvalue weighted by Crippen LogP contribution is 2.24. The lowest BCUT2D eigenvalue weighted by atomic mass is 10.1. The van der Waals surface area contributed by atoms with Crippen molar-refractivity contribution in [3.05, 3.63) is 65.7 Å². The fraction of sp³-hybridized carbons (Fsp3) is 0.368. The van der Waals surface area contributed by atoms with E-state index in [0.717, 1.165) is 16.9 Å². The van der Waals surface area contributed by atoms with Gasteiger partial charge in [0.05, 0.1) is 25.6 Å². The first-order chi connectivity index (χ1) is 12.1. The third kappa shape index (κ3) is 4.60. The highest BCUT2D eigenvalue weighted by molar-refractivity contribution is 7.89. The zero-order valence-corrected chi connectivity index (χ0v) is 15.1. The lowest BCUT2D eigenvalue weighted by Gasteiger charge is -2.32. The van der Waals surface area contributed by atoms with E-state index in [2.05, 4.69) is 0 Å². The molecule has 0 bridgehead atoms. The third-order valence-corrected chi connectivity index (χ3v) is 6.22. The fourth-order valence-corrected chi connectivity index (χ4v) is 4.42. The summed E-state index contributed by atoms with van der Waals surface area (Å²) in [4.78, 5) is 0. The molecule has 5 nitrogen and oxygen atoms in total. The van der Waals surface area contributed by atoms with Gasteiger partial charge in [0.2, 0.25) is 10.0 Å². The molecule has 3 rings (SSSR count). The quantitative estimate of drug-likeness (QED) is 0.794. The molecule has 0 saturated carbocycles. The van der Waals surface area contributed by atoms with Crippen molar-refractivity contribution >= 4 is 10.0 Å². The van der Waals surface area contributed by atoms with Gasteiger partial charge in [0.1, 0.15) is 5.75 Å². The lowest BCUT2D eigenvalue weighted by Crippen LogP contribution is -2.43. The molecule has 134 valence electrons. The maximum absolute atomic E-state index is 12.7. The lowest BCUT2D eigenvalue weighted by molar-refractivity contribution is -0.00253. The largest absolute Gasteiger partial charge is 0.497 e. The summed E-state index contributed by atoms with van der Waals surface area (Å²) >= 11 is 0. The SMILES string of the molecule is COc1cccc(CCS(=O)(=O)N2CCOC(c3ccccc3)C2)c1. The van der Waals surface area contributed by atoms with Crippen LogP contribution in [0.3, 0.4) is 0 Å². The summed E-state index contributed by atoms with van der Waals surface area (Å²) in [7, 11) is -1.73. The number of aryl methyl sites for hydroxylation is 1. The van der Waals surface area contributed by atoms with Crippen LogP contribution in [0.25, 0.3) is 0 Å². The molecule has 1 heterocycles. The molecule has 1 saturated heterocycles.